The van der Waals surface area contributed by atoms with Crippen LogP contribution in [0.1, 0.15) is 97.3 Å². The van der Waals surface area contributed by atoms with Crippen LogP contribution in [-0.2, 0) is 0 Å². The topological polar surface area (TPSA) is 23.8 Å². The largest absolute Gasteiger partial charge is 0.198 e. The first-order chi connectivity index (χ1) is 9.20. The van der Waals surface area contributed by atoms with Gasteiger partial charge in [0.15, 0.2) is 0 Å². The number of nitriles is 1. The molecule has 1 aliphatic rings. The Bertz CT molecular complexity index is 255. The van der Waals surface area contributed by atoms with Crippen LogP contribution in [0.25, 0.3) is 0 Å². The van der Waals surface area contributed by atoms with Gasteiger partial charge in [-0.25, -0.2) is 0 Å². The van der Waals surface area contributed by atoms with Crippen LogP contribution in [0.5, 0.6) is 0 Å². The van der Waals surface area contributed by atoms with Crippen LogP contribution in [0.3, 0.4) is 0 Å². The van der Waals surface area contributed by atoms with E-state index in [1.807, 2.05) is 0 Å². The summed E-state index contributed by atoms with van der Waals surface area (Å²) in [5.41, 5.74) is 0.551. The fourth-order valence-corrected chi connectivity index (χ4v) is 3.38. The summed E-state index contributed by atoms with van der Waals surface area (Å²) in [5, 5.41) is 8.95. The molecule has 0 bridgehead atoms. The maximum absolute atomic E-state index is 8.95. The fraction of sp³-hybridized carbons (Fsp3) is 0.944. The molecule has 110 valence electrons. The summed E-state index contributed by atoms with van der Waals surface area (Å²) in [6.07, 6.45) is 17.6. The van der Waals surface area contributed by atoms with Gasteiger partial charge in [0.1, 0.15) is 0 Å². The van der Waals surface area contributed by atoms with Crippen LogP contribution in [-0.4, -0.2) is 0 Å². The molecule has 19 heavy (non-hydrogen) atoms. The summed E-state index contributed by atoms with van der Waals surface area (Å²) in [6.45, 7) is 4.73. The maximum Gasteiger partial charge on any atom is 0.0655 e. The molecule has 1 saturated carbocycles. The maximum atomic E-state index is 8.95. The Morgan fingerprint density at radius 1 is 0.947 bits per heavy atom. The van der Waals surface area contributed by atoms with Crippen molar-refractivity contribution in [1.29, 1.82) is 5.26 Å². The molecule has 0 aromatic rings. The molecule has 0 spiro atoms. The van der Waals surface area contributed by atoms with E-state index in [4.69, 9.17) is 5.26 Å². The SMILES string of the molecule is CCCCCCCCCCC1(C)CCC(C#N)CC1. The minimum Gasteiger partial charge on any atom is -0.198 e. The van der Waals surface area contributed by atoms with Crippen LogP contribution < -0.4 is 0 Å². The van der Waals surface area contributed by atoms with Gasteiger partial charge in [-0.15, -0.1) is 0 Å². The van der Waals surface area contributed by atoms with Crippen molar-refractivity contribution in [2.45, 2.75) is 97.3 Å². The first-order valence-corrected chi connectivity index (χ1v) is 8.60. The Labute approximate surface area is 120 Å². The average molecular weight is 263 g/mol. The van der Waals surface area contributed by atoms with Gasteiger partial charge in [-0.2, -0.15) is 5.26 Å². The van der Waals surface area contributed by atoms with Crippen LogP contribution in [0.2, 0.25) is 0 Å². The zero-order valence-corrected chi connectivity index (χ0v) is 13.2. The zero-order chi connectivity index (χ0) is 14.0. The Kier molecular flexibility index (Phi) is 8.19. The molecular formula is C18H33N. The van der Waals surface area contributed by atoms with Crippen LogP contribution >= 0.6 is 0 Å². The molecule has 0 saturated heterocycles. The highest BCUT2D eigenvalue weighted by Gasteiger charge is 2.30. The lowest BCUT2D eigenvalue weighted by molar-refractivity contribution is 0.171. The summed E-state index contributed by atoms with van der Waals surface area (Å²) in [4.78, 5) is 0. The average Bonchev–Trinajstić information content (AvgIpc) is 2.43. The second-order valence-electron chi connectivity index (χ2n) is 6.94. The summed E-state index contributed by atoms with van der Waals surface area (Å²) in [6, 6.07) is 2.44. The van der Waals surface area contributed by atoms with E-state index in [0.29, 0.717) is 11.3 Å². The van der Waals surface area contributed by atoms with Crippen molar-refractivity contribution >= 4 is 0 Å². The molecule has 1 heteroatoms. The highest BCUT2D eigenvalue weighted by molar-refractivity contribution is 4.91. The van der Waals surface area contributed by atoms with E-state index in [-0.39, 0.29) is 0 Å². The van der Waals surface area contributed by atoms with Crippen molar-refractivity contribution in [3.8, 4) is 6.07 Å². The number of nitrogens with zero attached hydrogens (tertiary/aromatic N) is 1. The molecule has 0 amide bonds. The van der Waals surface area contributed by atoms with Crippen LogP contribution in [0.4, 0.5) is 0 Å². The summed E-state index contributed by atoms with van der Waals surface area (Å²) in [5.74, 6) is 0.353. The Morgan fingerprint density at radius 2 is 1.47 bits per heavy atom. The molecule has 0 radical (unpaired) electrons. The van der Waals surface area contributed by atoms with Crippen LogP contribution in [0.15, 0.2) is 0 Å². The molecule has 0 aromatic carbocycles. The number of unbranched alkanes of at least 4 members (excludes halogenated alkanes) is 7. The van der Waals surface area contributed by atoms with E-state index >= 15 is 0 Å². The number of hydrogen-bond donors (Lipinski definition) is 0. The lowest BCUT2D eigenvalue weighted by atomic mass is 9.69. The molecule has 0 atom stereocenters. The van der Waals surface area contributed by atoms with Crippen molar-refractivity contribution in [3.05, 3.63) is 0 Å². The van der Waals surface area contributed by atoms with Crippen molar-refractivity contribution in [3.63, 3.8) is 0 Å². The molecule has 1 aliphatic carbocycles. The lowest BCUT2D eigenvalue weighted by Gasteiger charge is -2.35. The molecule has 1 rings (SSSR count). The van der Waals surface area contributed by atoms with Gasteiger partial charge >= 0.3 is 0 Å². The smallest absolute Gasteiger partial charge is 0.0655 e. The summed E-state index contributed by atoms with van der Waals surface area (Å²) in [7, 11) is 0. The predicted octanol–water partition coefficient (Wildman–Crippen LogP) is 6.24. The zero-order valence-electron chi connectivity index (χ0n) is 13.2. The monoisotopic (exact) mass is 263 g/mol. The fourth-order valence-electron chi connectivity index (χ4n) is 3.38. The molecule has 0 heterocycles. The first kappa shape index (κ1) is 16.5. The molecule has 0 N–H and O–H groups in total. The van der Waals surface area contributed by atoms with E-state index in [1.54, 1.807) is 0 Å². The van der Waals surface area contributed by atoms with E-state index in [9.17, 15) is 0 Å². The van der Waals surface area contributed by atoms with Gasteiger partial charge < -0.3 is 0 Å². The van der Waals surface area contributed by atoms with Gasteiger partial charge in [0.2, 0.25) is 0 Å². The standard InChI is InChI=1S/C18H33N/c1-3-4-5-6-7-8-9-10-13-18(2)14-11-17(16-19)12-15-18/h17H,3-15H2,1-2H3. The summed E-state index contributed by atoms with van der Waals surface area (Å²) >= 11 is 0. The van der Waals surface area contributed by atoms with E-state index in [1.165, 1.54) is 70.6 Å². The van der Waals surface area contributed by atoms with E-state index < -0.39 is 0 Å². The van der Waals surface area contributed by atoms with Crippen molar-refractivity contribution in [2.24, 2.45) is 11.3 Å². The highest BCUT2D eigenvalue weighted by atomic mass is 14.4. The molecule has 0 aromatic heterocycles. The minimum absolute atomic E-state index is 0.353. The third kappa shape index (κ3) is 7.00. The van der Waals surface area contributed by atoms with Gasteiger partial charge in [0.25, 0.3) is 0 Å². The first-order valence-electron chi connectivity index (χ1n) is 8.60. The van der Waals surface area contributed by atoms with Crippen molar-refractivity contribution in [1.82, 2.24) is 0 Å². The molecule has 0 aliphatic heterocycles. The number of rotatable bonds is 9. The summed E-state index contributed by atoms with van der Waals surface area (Å²) < 4.78 is 0. The third-order valence-corrected chi connectivity index (χ3v) is 5.01. The van der Waals surface area contributed by atoms with Gasteiger partial charge in [-0.3, -0.25) is 0 Å². The van der Waals surface area contributed by atoms with Gasteiger partial charge in [0.05, 0.1) is 6.07 Å². The van der Waals surface area contributed by atoms with Gasteiger partial charge in [-0.05, 0) is 37.5 Å². The number of hydrogen-bond acceptors (Lipinski definition) is 1. The minimum atomic E-state index is 0.353. The molecular weight excluding hydrogens is 230 g/mol. The van der Waals surface area contributed by atoms with Crippen LogP contribution in [0, 0.1) is 22.7 Å². The second-order valence-corrected chi connectivity index (χ2v) is 6.94. The predicted molar refractivity (Wildman–Crippen MR) is 82.9 cm³/mol. The third-order valence-electron chi connectivity index (χ3n) is 5.01. The quantitative estimate of drug-likeness (QED) is 0.452. The Morgan fingerprint density at radius 3 is 2.00 bits per heavy atom. The van der Waals surface area contributed by atoms with E-state index in [0.717, 1.165) is 12.8 Å². The van der Waals surface area contributed by atoms with Crippen molar-refractivity contribution < 1.29 is 0 Å². The van der Waals surface area contributed by atoms with Gasteiger partial charge in [0, 0.05) is 5.92 Å². The normalized spacial score (nSPS) is 27.1. The van der Waals surface area contributed by atoms with Gasteiger partial charge in [-0.1, -0.05) is 65.2 Å². The Hall–Kier alpha value is -0.510. The van der Waals surface area contributed by atoms with E-state index in [2.05, 4.69) is 19.9 Å². The van der Waals surface area contributed by atoms with Crippen molar-refractivity contribution in [2.75, 3.05) is 0 Å². The second kappa shape index (κ2) is 9.40. The molecule has 1 fully saturated rings. The highest BCUT2D eigenvalue weighted by Crippen LogP contribution is 2.42. The molecule has 1 nitrogen and oxygen atoms in total. The lowest BCUT2D eigenvalue weighted by Crippen LogP contribution is -2.23. The Balaban J connectivity index is 1.99. The molecule has 0 unspecified atom stereocenters.